The van der Waals surface area contributed by atoms with E-state index in [1.165, 1.54) is 0 Å². The molecule has 1 N–H and O–H groups in total. The molecular formula is C21H22N4O2. The Morgan fingerprint density at radius 2 is 1.93 bits per heavy atom. The van der Waals surface area contributed by atoms with Gasteiger partial charge < -0.3 is 14.7 Å². The van der Waals surface area contributed by atoms with Crippen molar-refractivity contribution < 1.29 is 9.32 Å². The van der Waals surface area contributed by atoms with Crippen molar-refractivity contribution in [3.63, 3.8) is 0 Å². The minimum Gasteiger partial charge on any atom is -0.339 e. The van der Waals surface area contributed by atoms with Crippen molar-refractivity contribution in [2.24, 2.45) is 0 Å². The van der Waals surface area contributed by atoms with E-state index < -0.39 is 0 Å². The van der Waals surface area contributed by atoms with Gasteiger partial charge in [-0.05, 0) is 31.4 Å². The molecule has 2 amide bonds. The van der Waals surface area contributed by atoms with Gasteiger partial charge >= 0.3 is 6.03 Å². The zero-order chi connectivity index (χ0) is 18.6. The molecule has 0 radical (unpaired) electrons. The number of hydrogen-bond donors (Lipinski definition) is 1. The first-order valence-corrected chi connectivity index (χ1v) is 9.21. The highest BCUT2D eigenvalue weighted by Gasteiger charge is 2.29. The summed E-state index contributed by atoms with van der Waals surface area (Å²) in [5.41, 5.74) is 2.81. The van der Waals surface area contributed by atoms with E-state index in [0.29, 0.717) is 18.3 Å². The van der Waals surface area contributed by atoms with Gasteiger partial charge in [-0.15, -0.1) is 0 Å². The summed E-state index contributed by atoms with van der Waals surface area (Å²) >= 11 is 0. The second kappa shape index (κ2) is 7.61. The first kappa shape index (κ1) is 17.3. The molecule has 27 heavy (non-hydrogen) atoms. The Morgan fingerprint density at radius 1 is 1.15 bits per heavy atom. The number of nitrogens with one attached hydrogen (secondary N) is 1. The Bertz CT molecular complexity index is 923. The highest BCUT2D eigenvalue weighted by molar-refractivity contribution is 5.90. The molecule has 6 nitrogen and oxygen atoms in total. The van der Waals surface area contributed by atoms with Crippen LogP contribution in [-0.4, -0.2) is 34.2 Å². The van der Waals surface area contributed by atoms with Crippen molar-refractivity contribution in [2.45, 2.75) is 25.7 Å². The Morgan fingerprint density at radius 3 is 2.74 bits per heavy atom. The molecule has 1 saturated heterocycles. The number of nitrogens with zero attached hydrogens (tertiary/aromatic N) is 3. The Kier molecular flexibility index (Phi) is 4.87. The van der Waals surface area contributed by atoms with Crippen LogP contribution in [0.15, 0.2) is 59.1 Å². The van der Waals surface area contributed by atoms with Crippen LogP contribution in [0.5, 0.6) is 0 Å². The third-order valence-electron chi connectivity index (χ3n) is 4.92. The molecule has 1 aliphatic heterocycles. The van der Waals surface area contributed by atoms with Crippen LogP contribution in [0.2, 0.25) is 0 Å². The summed E-state index contributed by atoms with van der Waals surface area (Å²) in [5, 5.41) is 7.11. The zero-order valence-corrected chi connectivity index (χ0v) is 15.3. The molecule has 0 spiro atoms. The first-order valence-electron chi connectivity index (χ1n) is 9.21. The van der Waals surface area contributed by atoms with Gasteiger partial charge in [-0.25, -0.2) is 4.79 Å². The zero-order valence-electron chi connectivity index (χ0n) is 15.3. The fraction of sp³-hybridized carbons (Fsp3) is 0.286. The van der Waals surface area contributed by atoms with E-state index in [1.807, 2.05) is 66.4 Å². The third-order valence-corrected chi connectivity index (χ3v) is 4.92. The van der Waals surface area contributed by atoms with Gasteiger partial charge in [0.2, 0.25) is 11.7 Å². The van der Waals surface area contributed by atoms with Crippen molar-refractivity contribution >= 4 is 11.7 Å². The monoisotopic (exact) mass is 362 g/mol. The number of piperidine rings is 1. The van der Waals surface area contributed by atoms with E-state index >= 15 is 0 Å². The summed E-state index contributed by atoms with van der Waals surface area (Å²) in [6.07, 6.45) is 1.85. The number of carbonyl (C=O) groups is 1. The highest BCUT2D eigenvalue weighted by Crippen LogP contribution is 2.28. The number of carbonyl (C=O) groups excluding carboxylic acids is 1. The van der Waals surface area contributed by atoms with E-state index in [9.17, 15) is 4.79 Å². The second-order valence-corrected chi connectivity index (χ2v) is 6.85. The summed E-state index contributed by atoms with van der Waals surface area (Å²) in [6.45, 7) is 3.29. The number of urea groups is 1. The maximum absolute atomic E-state index is 12.7. The van der Waals surface area contributed by atoms with Gasteiger partial charge in [0.05, 0.1) is 5.92 Å². The van der Waals surface area contributed by atoms with E-state index in [-0.39, 0.29) is 11.9 Å². The molecule has 3 aromatic rings. The van der Waals surface area contributed by atoms with Gasteiger partial charge in [0.25, 0.3) is 0 Å². The van der Waals surface area contributed by atoms with Crippen molar-refractivity contribution in [3.05, 3.63) is 66.1 Å². The van der Waals surface area contributed by atoms with Crippen LogP contribution in [0.3, 0.4) is 0 Å². The van der Waals surface area contributed by atoms with Gasteiger partial charge in [-0.3, -0.25) is 0 Å². The largest absolute Gasteiger partial charge is 0.339 e. The number of hydrogen-bond acceptors (Lipinski definition) is 4. The average molecular weight is 362 g/mol. The van der Waals surface area contributed by atoms with E-state index in [0.717, 1.165) is 36.2 Å². The van der Waals surface area contributed by atoms with Crippen LogP contribution in [0.1, 0.15) is 30.2 Å². The van der Waals surface area contributed by atoms with Crippen LogP contribution in [-0.2, 0) is 0 Å². The molecular weight excluding hydrogens is 340 g/mol. The lowest BCUT2D eigenvalue weighted by atomic mass is 9.98. The number of aryl methyl sites for hydroxylation is 1. The Hall–Kier alpha value is -3.15. The number of anilines is 1. The third kappa shape index (κ3) is 3.84. The number of rotatable bonds is 3. The van der Waals surface area contributed by atoms with Crippen molar-refractivity contribution in [2.75, 3.05) is 18.4 Å². The maximum Gasteiger partial charge on any atom is 0.321 e. The number of aromatic nitrogens is 2. The van der Waals surface area contributed by atoms with Crippen LogP contribution >= 0.6 is 0 Å². The lowest BCUT2D eigenvalue weighted by molar-refractivity contribution is 0.184. The van der Waals surface area contributed by atoms with Crippen LogP contribution in [0, 0.1) is 6.92 Å². The lowest BCUT2D eigenvalue weighted by Crippen LogP contribution is -2.41. The van der Waals surface area contributed by atoms with E-state index in [1.54, 1.807) is 0 Å². The molecule has 138 valence electrons. The summed E-state index contributed by atoms with van der Waals surface area (Å²) in [5.74, 6) is 1.25. The predicted molar refractivity (Wildman–Crippen MR) is 103 cm³/mol. The fourth-order valence-electron chi connectivity index (χ4n) is 3.38. The first-order chi connectivity index (χ1) is 13.2. The lowest BCUT2D eigenvalue weighted by Gasteiger charge is -2.31. The molecule has 2 heterocycles. The summed E-state index contributed by atoms with van der Waals surface area (Å²) in [7, 11) is 0. The van der Waals surface area contributed by atoms with Crippen molar-refractivity contribution in [3.8, 4) is 11.4 Å². The number of amides is 2. The molecule has 2 aromatic carbocycles. The standard InChI is InChI=1S/C21H22N4O2/c1-15-8-5-6-12-18(15)22-21(26)25-13-7-11-17(14-25)20-23-19(24-27-20)16-9-3-2-4-10-16/h2-6,8-10,12,17H,7,11,13-14H2,1H3,(H,22,26). The quantitative estimate of drug-likeness (QED) is 0.747. The van der Waals surface area contributed by atoms with E-state index in [4.69, 9.17) is 4.52 Å². The molecule has 1 unspecified atom stereocenters. The number of para-hydroxylation sites is 1. The predicted octanol–water partition coefficient (Wildman–Crippen LogP) is 4.46. The molecule has 0 saturated carbocycles. The molecule has 1 aromatic heterocycles. The summed E-state index contributed by atoms with van der Waals surface area (Å²) in [4.78, 5) is 19.1. The number of benzene rings is 2. The van der Waals surface area contributed by atoms with Gasteiger partial charge in [-0.2, -0.15) is 4.98 Å². The summed E-state index contributed by atoms with van der Waals surface area (Å²) in [6, 6.07) is 17.5. The van der Waals surface area contributed by atoms with Crippen LogP contribution in [0.4, 0.5) is 10.5 Å². The topological polar surface area (TPSA) is 71.3 Å². The SMILES string of the molecule is Cc1ccccc1NC(=O)N1CCCC(c2nc(-c3ccccc3)no2)C1. The van der Waals surface area contributed by atoms with Crippen molar-refractivity contribution in [1.82, 2.24) is 15.0 Å². The minimum atomic E-state index is -0.0863. The minimum absolute atomic E-state index is 0.0614. The molecule has 1 fully saturated rings. The second-order valence-electron chi connectivity index (χ2n) is 6.85. The number of likely N-dealkylation sites (tertiary alicyclic amines) is 1. The molecule has 0 bridgehead atoms. The van der Waals surface area contributed by atoms with Gasteiger partial charge in [-0.1, -0.05) is 53.7 Å². The smallest absolute Gasteiger partial charge is 0.321 e. The summed E-state index contributed by atoms with van der Waals surface area (Å²) < 4.78 is 5.50. The molecule has 1 aliphatic rings. The normalized spacial score (nSPS) is 16.9. The van der Waals surface area contributed by atoms with Crippen LogP contribution in [0.25, 0.3) is 11.4 Å². The molecule has 4 rings (SSSR count). The highest BCUT2D eigenvalue weighted by atomic mass is 16.5. The van der Waals surface area contributed by atoms with E-state index in [2.05, 4.69) is 15.5 Å². The van der Waals surface area contributed by atoms with Gasteiger partial charge in [0, 0.05) is 24.3 Å². The Balaban J connectivity index is 1.45. The fourth-order valence-corrected chi connectivity index (χ4v) is 3.38. The Labute approximate surface area is 158 Å². The van der Waals surface area contributed by atoms with Crippen molar-refractivity contribution in [1.29, 1.82) is 0 Å². The molecule has 0 aliphatic carbocycles. The van der Waals surface area contributed by atoms with Gasteiger partial charge in [0.1, 0.15) is 0 Å². The van der Waals surface area contributed by atoms with Crippen LogP contribution < -0.4 is 5.32 Å². The maximum atomic E-state index is 12.7. The average Bonchev–Trinajstić information content (AvgIpc) is 3.21. The molecule has 6 heteroatoms. The van der Waals surface area contributed by atoms with Gasteiger partial charge in [0.15, 0.2) is 0 Å². The molecule has 1 atom stereocenters.